The van der Waals surface area contributed by atoms with Gasteiger partial charge < -0.3 is 0 Å². The van der Waals surface area contributed by atoms with Crippen LogP contribution in [-0.4, -0.2) is 0 Å². The van der Waals surface area contributed by atoms with Crippen LogP contribution in [0.25, 0.3) is 12.2 Å². The van der Waals surface area contributed by atoms with Crippen molar-refractivity contribution in [3.63, 3.8) is 0 Å². The minimum atomic E-state index is 0.624. The largest absolute Gasteiger partial charge is 0.140 e. The maximum Gasteiger partial charge on any atom is 0.0302 e. The third kappa shape index (κ3) is 2.34. The first kappa shape index (κ1) is 12.5. The molecule has 1 aromatic heterocycles. The van der Waals surface area contributed by atoms with Gasteiger partial charge >= 0.3 is 0 Å². The molecule has 0 fully saturated rings. The summed E-state index contributed by atoms with van der Waals surface area (Å²) in [6.07, 6.45) is 4.49. The van der Waals surface area contributed by atoms with E-state index in [1.165, 1.54) is 9.75 Å². The van der Waals surface area contributed by atoms with Crippen molar-refractivity contribution in [3.8, 4) is 0 Å². The molecule has 0 amide bonds. The van der Waals surface area contributed by atoms with Crippen LogP contribution >= 0.6 is 11.3 Å². The van der Waals surface area contributed by atoms with E-state index in [1.807, 2.05) is 11.3 Å². The summed E-state index contributed by atoms with van der Waals surface area (Å²) < 4.78 is 1.44. The molecule has 0 aliphatic rings. The van der Waals surface area contributed by atoms with E-state index < -0.39 is 0 Å². The van der Waals surface area contributed by atoms with Crippen LogP contribution in [0.4, 0.5) is 0 Å². The second-order valence-electron chi connectivity index (χ2n) is 4.54. The normalized spacial score (nSPS) is 14.7. The highest BCUT2D eigenvalue weighted by Gasteiger charge is 2.14. The maximum atomic E-state index is 2.29. The van der Waals surface area contributed by atoms with E-state index in [4.69, 9.17) is 0 Å². The smallest absolute Gasteiger partial charge is 0.0302 e. The van der Waals surface area contributed by atoms with E-state index in [9.17, 15) is 0 Å². The third-order valence-electron chi connectivity index (χ3n) is 2.69. The van der Waals surface area contributed by atoms with Crippen molar-refractivity contribution < 1.29 is 0 Å². The molecule has 1 heteroatoms. The Balaban J connectivity index is 3.64. The second kappa shape index (κ2) is 4.98. The first-order chi connectivity index (χ1) is 7.02. The molecule has 1 heterocycles. The average molecular weight is 222 g/mol. The van der Waals surface area contributed by atoms with Gasteiger partial charge in [0, 0.05) is 9.41 Å². The highest BCUT2D eigenvalue weighted by atomic mass is 32.1. The van der Waals surface area contributed by atoms with Crippen LogP contribution in [0.2, 0.25) is 0 Å². The summed E-state index contributed by atoms with van der Waals surface area (Å²) in [5.41, 5.74) is 1.56. The van der Waals surface area contributed by atoms with Gasteiger partial charge in [0.25, 0.3) is 0 Å². The number of hydrogen-bond acceptors (Lipinski definition) is 1. The molecule has 0 radical (unpaired) electrons. The molecule has 0 aromatic carbocycles. The SMILES string of the molecule is C/C=c1/c(C(C)C)c(C(C)C)s/c1=C/C. The molecule has 0 aliphatic heterocycles. The first-order valence-corrected chi connectivity index (χ1v) is 6.59. The van der Waals surface area contributed by atoms with E-state index in [2.05, 4.69) is 53.7 Å². The van der Waals surface area contributed by atoms with Gasteiger partial charge in [-0.3, -0.25) is 0 Å². The van der Waals surface area contributed by atoms with Crippen LogP contribution in [0.15, 0.2) is 0 Å². The molecule has 84 valence electrons. The van der Waals surface area contributed by atoms with E-state index in [0.717, 1.165) is 0 Å². The van der Waals surface area contributed by atoms with Crippen LogP contribution in [0, 0.1) is 0 Å². The molecule has 1 rings (SSSR count). The fourth-order valence-electron chi connectivity index (χ4n) is 2.03. The van der Waals surface area contributed by atoms with Crippen molar-refractivity contribution in [1.82, 2.24) is 0 Å². The van der Waals surface area contributed by atoms with Crippen LogP contribution in [0.1, 0.15) is 63.8 Å². The fraction of sp³-hybridized carbons (Fsp3) is 0.571. The standard InChI is InChI=1S/C14H22S/c1-7-11-12(8-2)15-14(10(5)6)13(11)9(3)4/h7-10H,1-6H3/b11-7+,12-8+. The summed E-state index contributed by atoms with van der Waals surface area (Å²) in [6, 6.07) is 0. The summed E-state index contributed by atoms with van der Waals surface area (Å²) in [5, 5.41) is 1.46. The Labute approximate surface area is 97.3 Å². The van der Waals surface area contributed by atoms with E-state index >= 15 is 0 Å². The van der Waals surface area contributed by atoms with E-state index in [-0.39, 0.29) is 0 Å². The molecule has 0 aliphatic carbocycles. The van der Waals surface area contributed by atoms with Crippen molar-refractivity contribution in [2.45, 2.75) is 53.4 Å². The molecule has 0 nitrogen and oxygen atoms in total. The Hall–Kier alpha value is -0.560. The summed E-state index contributed by atoms with van der Waals surface area (Å²) in [4.78, 5) is 1.56. The van der Waals surface area contributed by atoms with Gasteiger partial charge in [-0.2, -0.15) is 0 Å². The summed E-state index contributed by atoms with van der Waals surface area (Å²) in [6.45, 7) is 13.4. The molecule has 0 unspecified atom stereocenters. The van der Waals surface area contributed by atoms with Gasteiger partial charge in [-0.1, -0.05) is 39.8 Å². The van der Waals surface area contributed by atoms with Gasteiger partial charge in [-0.05, 0) is 36.5 Å². The van der Waals surface area contributed by atoms with Crippen LogP contribution in [0.5, 0.6) is 0 Å². The molecule has 0 spiro atoms. The lowest BCUT2D eigenvalue weighted by atomic mass is 9.97. The van der Waals surface area contributed by atoms with Gasteiger partial charge in [0.1, 0.15) is 0 Å². The second-order valence-corrected chi connectivity index (χ2v) is 5.63. The minimum Gasteiger partial charge on any atom is -0.140 e. The quantitative estimate of drug-likeness (QED) is 0.717. The lowest BCUT2D eigenvalue weighted by Gasteiger charge is -2.09. The molecular weight excluding hydrogens is 200 g/mol. The van der Waals surface area contributed by atoms with Crippen molar-refractivity contribution in [2.75, 3.05) is 0 Å². The Bertz CT molecular complexity index is 433. The highest BCUT2D eigenvalue weighted by molar-refractivity contribution is 7.10. The molecule has 0 bridgehead atoms. The predicted octanol–water partition coefficient (Wildman–Crippen LogP) is 3.60. The Kier molecular flexibility index (Phi) is 4.15. The zero-order chi connectivity index (χ0) is 11.6. The minimum absolute atomic E-state index is 0.624. The zero-order valence-electron chi connectivity index (χ0n) is 10.7. The molecule has 0 N–H and O–H groups in total. The Morgan fingerprint density at radius 2 is 1.53 bits per heavy atom. The van der Waals surface area contributed by atoms with E-state index in [0.29, 0.717) is 11.8 Å². The van der Waals surface area contributed by atoms with Crippen molar-refractivity contribution >= 4 is 23.5 Å². The van der Waals surface area contributed by atoms with Crippen molar-refractivity contribution in [3.05, 3.63) is 20.2 Å². The molecule has 1 aromatic rings. The van der Waals surface area contributed by atoms with Crippen molar-refractivity contribution in [1.29, 1.82) is 0 Å². The summed E-state index contributed by atoms with van der Waals surface area (Å²) in [7, 11) is 0. The monoisotopic (exact) mass is 222 g/mol. The highest BCUT2D eigenvalue weighted by Crippen LogP contribution is 2.25. The van der Waals surface area contributed by atoms with Crippen LogP contribution < -0.4 is 9.75 Å². The maximum absolute atomic E-state index is 2.29. The summed E-state index contributed by atoms with van der Waals surface area (Å²) >= 11 is 1.96. The van der Waals surface area contributed by atoms with Gasteiger partial charge in [0.15, 0.2) is 0 Å². The first-order valence-electron chi connectivity index (χ1n) is 5.78. The Morgan fingerprint density at radius 1 is 0.933 bits per heavy atom. The third-order valence-corrected chi connectivity index (χ3v) is 4.28. The molecular formula is C14H22S. The zero-order valence-corrected chi connectivity index (χ0v) is 11.5. The molecule has 0 saturated heterocycles. The predicted molar refractivity (Wildman–Crippen MR) is 72.0 cm³/mol. The summed E-state index contributed by atoms with van der Waals surface area (Å²) in [5.74, 6) is 1.26. The van der Waals surface area contributed by atoms with Gasteiger partial charge in [-0.15, -0.1) is 11.3 Å². The number of rotatable bonds is 2. The number of hydrogen-bond donors (Lipinski definition) is 0. The fourth-order valence-corrected chi connectivity index (χ4v) is 3.41. The average Bonchev–Trinajstić information content (AvgIpc) is 2.55. The lowest BCUT2D eigenvalue weighted by molar-refractivity contribution is 0.804. The van der Waals surface area contributed by atoms with Gasteiger partial charge in [0.2, 0.25) is 0 Å². The topological polar surface area (TPSA) is 0 Å². The van der Waals surface area contributed by atoms with Crippen LogP contribution in [-0.2, 0) is 0 Å². The number of thiophene rings is 1. The molecule has 0 saturated carbocycles. The lowest BCUT2D eigenvalue weighted by Crippen LogP contribution is -2.22. The van der Waals surface area contributed by atoms with Gasteiger partial charge in [-0.25, -0.2) is 0 Å². The Morgan fingerprint density at radius 3 is 1.87 bits per heavy atom. The molecule has 0 atom stereocenters. The van der Waals surface area contributed by atoms with E-state index in [1.54, 1.807) is 10.4 Å². The van der Waals surface area contributed by atoms with Crippen LogP contribution in [0.3, 0.4) is 0 Å². The molecule has 15 heavy (non-hydrogen) atoms. The van der Waals surface area contributed by atoms with Gasteiger partial charge in [0.05, 0.1) is 0 Å². The van der Waals surface area contributed by atoms with Crippen molar-refractivity contribution in [2.24, 2.45) is 0 Å².